The number of hydrogen-bond acceptors (Lipinski definition) is 0. The zero-order chi connectivity index (χ0) is 30.1. The van der Waals surface area contributed by atoms with E-state index in [9.17, 15) is 0 Å². The lowest BCUT2D eigenvalue weighted by molar-refractivity contribution is 0.648. The van der Waals surface area contributed by atoms with Gasteiger partial charge in [0, 0.05) is 11.3 Å². The maximum absolute atomic E-state index is 2.59. The van der Waals surface area contributed by atoms with Crippen LogP contribution in [0.15, 0.2) is 157 Å². The molecule has 0 spiro atoms. The van der Waals surface area contributed by atoms with E-state index >= 15 is 0 Å². The van der Waals surface area contributed by atoms with Crippen molar-refractivity contribution in [3.63, 3.8) is 0 Å². The van der Waals surface area contributed by atoms with E-state index in [1.807, 2.05) is 0 Å². The van der Waals surface area contributed by atoms with Gasteiger partial charge in [-0.25, -0.2) is 0 Å². The number of hydrogen-bond donors (Lipinski definition) is 0. The summed E-state index contributed by atoms with van der Waals surface area (Å²) >= 11 is 0. The van der Waals surface area contributed by atoms with Gasteiger partial charge in [0.05, 0.1) is 0 Å². The van der Waals surface area contributed by atoms with Gasteiger partial charge in [-0.15, -0.1) is 0 Å². The molecule has 7 aromatic rings. The lowest BCUT2D eigenvalue weighted by atomic mass is 9.76. The quantitative estimate of drug-likeness (QED) is 0.184. The van der Waals surface area contributed by atoms with E-state index in [2.05, 4.69) is 166 Å². The van der Waals surface area contributed by atoms with Crippen LogP contribution in [0.4, 0.5) is 0 Å². The average molecular weight is 575 g/mol. The largest absolute Gasteiger partial charge is 0.0754 e. The first-order valence-corrected chi connectivity index (χ1v) is 16.1. The summed E-state index contributed by atoms with van der Waals surface area (Å²) in [7, 11) is 0. The van der Waals surface area contributed by atoms with Gasteiger partial charge in [-0.05, 0) is 107 Å². The second kappa shape index (κ2) is 9.91. The minimum Gasteiger partial charge on any atom is -0.0754 e. The van der Waals surface area contributed by atoms with Gasteiger partial charge in [0.1, 0.15) is 0 Å². The molecule has 9 rings (SSSR count). The standard InChI is InChI=1S/C45H34/c1-45(2)43-27-32(31-20-19-29-11-3-4-12-30(29)25-31)21-23-40(43)41-24-22-34(28-44(41)45)36-15-7-8-17-38(36)42-26-33-13-5-6-14-35(33)37-16-9-10-18-39(37)42/h3-21,23-28,34H,22H2,1-2H3. The van der Waals surface area contributed by atoms with Crippen LogP contribution in [0.5, 0.6) is 0 Å². The molecule has 7 aromatic carbocycles. The molecule has 0 aliphatic heterocycles. The van der Waals surface area contributed by atoms with Crippen LogP contribution >= 0.6 is 0 Å². The van der Waals surface area contributed by atoms with Gasteiger partial charge in [-0.3, -0.25) is 0 Å². The fraction of sp³-hybridized carbons (Fsp3) is 0.111. The maximum atomic E-state index is 2.59. The van der Waals surface area contributed by atoms with Crippen molar-refractivity contribution in [1.29, 1.82) is 0 Å². The van der Waals surface area contributed by atoms with Crippen LogP contribution in [0, 0.1) is 0 Å². The van der Waals surface area contributed by atoms with E-state index in [-0.39, 0.29) is 5.41 Å². The molecule has 1 unspecified atom stereocenters. The van der Waals surface area contributed by atoms with Gasteiger partial charge < -0.3 is 0 Å². The SMILES string of the molecule is CC1(C)C2=CC(c3ccccc3-c3cc4ccccc4c4ccccc34)CC=C2c2ccc(-c3ccc4ccccc4c3)cc21. The van der Waals surface area contributed by atoms with Gasteiger partial charge in [0.2, 0.25) is 0 Å². The molecule has 214 valence electrons. The van der Waals surface area contributed by atoms with Gasteiger partial charge >= 0.3 is 0 Å². The molecular weight excluding hydrogens is 540 g/mol. The van der Waals surface area contributed by atoms with E-state index in [0.29, 0.717) is 5.92 Å². The third-order valence-electron chi connectivity index (χ3n) is 10.4. The van der Waals surface area contributed by atoms with Crippen LogP contribution in [0.2, 0.25) is 0 Å². The smallest absolute Gasteiger partial charge is 0.0156 e. The fourth-order valence-corrected chi connectivity index (χ4v) is 8.06. The van der Waals surface area contributed by atoms with Crippen LogP contribution < -0.4 is 0 Å². The molecular formula is C45H34. The van der Waals surface area contributed by atoms with E-state index in [1.165, 1.54) is 82.4 Å². The number of allylic oxidation sites excluding steroid dienone is 4. The third kappa shape index (κ3) is 4.06. The topological polar surface area (TPSA) is 0 Å². The highest BCUT2D eigenvalue weighted by atomic mass is 14.4. The Morgan fingerprint density at radius 3 is 2.04 bits per heavy atom. The highest BCUT2D eigenvalue weighted by Crippen LogP contribution is 2.54. The first-order valence-electron chi connectivity index (χ1n) is 16.1. The number of benzene rings is 7. The lowest BCUT2D eigenvalue weighted by Gasteiger charge is -2.28. The Balaban J connectivity index is 1.14. The summed E-state index contributed by atoms with van der Waals surface area (Å²) in [6.45, 7) is 4.82. The normalized spacial score (nSPS) is 16.8. The van der Waals surface area contributed by atoms with E-state index in [1.54, 1.807) is 0 Å². The molecule has 0 saturated carbocycles. The highest BCUT2D eigenvalue weighted by Gasteiger charge is 2.40. The molecule has 1 atom stereocenters. The average Bonchev–Trinajstić information content (AvgIpc) is 3.32. The molecule has 0 N–H and O–H groups in total. The summed E-state index contributed by atoms with van der Waals surface area (Å²) in [4.78, 5) is 0. The lowest BCUT2D eigenvalue weighted by Crippen LogP contribution is -2.17. The molecule has 0 saturated heterocycles. The monoisotopic (exact) mass is 574 g/mol. The van der Waals surface area contributed by atoms with E-state index < -0.39 is 0 Å². The van der Waals surface area contributed by atoms with Gasteiger partial charge in [0.25, 0.3) is 0 Å². The Labute approximate surface area is 265 Å². The zero-order valence-electron chi connectivity index (χ0n) is 25.7. The Kier molecular flexibility index (Phi) is 5.77. The Bertz CT molecular complexity index is 2380. The predicted octanol–water partition coefficient (Wildman–Crippen LogP) is 12.3. The van der Waals surface area contributed by atoms with Crippen LogP contribution in [0.3, 0.4) is 0 Å². The first kappa shape index (κ1) is 26.2. The molecule has 0 radical (unpaired) electrons. The Hall–Kier alpha value is -5.20. The molecule has 0 heterocycles. The maximum Gasteiger partial charge on any atom is 0.0156 e. The van der Waals surface area contributed by atoms with E-state index in [0.717, 1.165) is 6.42 Å². The van der Waals surface area contributed by atoms with Crippen molar-refractivity contribution in [3.05, 3.63) is 174 Å². The van der Waals surface area contributed by atoms with Crippen molar-refractivity contribution in [2.24, 2.45) is 0 Å². The van der Waals surface area contributed by atoms with Crippen LogP contribution in [0.25, 0.3) is 60.1 Å². The van der Waals surface area contributed by atoms with Crippen molar-refractivity contribution in [2.45, 2.75) is 31.6 Å². The van der Waals surface area contributed by atoms with Crippen molar-refractivity contribution in [3.8, 4) is 22.3 Å². The third-order valence-corrected chi connectivity index (χ3v) is 10.4. The van der Waals surface area contributed by atoms with Crippen molar-refractivity contribution in [1.82, 2.24) is 0 Å². The van der Waals surface area contributed by atoms with Crippen LogP contribution in [0.1, 0.15) is 42.9 Å². The summed E-state index contributed by atoms with van der Waals surface area (Å²) in [5, 5.41) is 7.81. The van der Waals surface area contributed by atoms with Crippen molar-refractivity contribution in [2.75, 3.05) is 0 Å². The van der Waals surface area contributed by atoms with Crippen LogP contribution in [-0.2, 0) is 5.41 Å². The minimum atomic E-state index is -0.0721. The Morgan fingerprint density at radius 1 is 0.511 bits per heavy atom. The first-order chi connectivity index (χ1) is 22.1. The summed E-state index contributed by atoms with van der Waals surface area (Å²) in [6.07, 6.45) is 6.11. The van der Waals surface area contributed by atoms with Gasteiger partial charge in [-0.1, -0.05) is 147 Å². The summed E-state index contributed by atoms with van der Waals surface area (Å²) in [6, 6.07) is 51.8. The highest BCUT2D eigenvalue weighted by molar-refractivity contribution is 6.14. The van der Waals surface area contributed by atoms with E-state index in [4.69, 9.17) is 0 Å². The molecule has 2 aliphatic carbocycles. The Morgan fingerprint density at radius 2 is 1.18 bits per heavy atom. The second-order valence-corrected chi connectivity index (χ2v) is 13.3. The molecule has 0 amide bonds. The van der Waals surface area contributed by atoms with Crippen molar-refractivity contribution >= 4 is 37.9 Å². The van der Waals surface area contributed by atoms with Crippen LogP contribution in [-0.4, -0.2) is 0 Å². The fourth-order valence-electron chi connectivity index (χ4n) is 8.06. The molecule has 0 fully saturated rings. The summed E-state index contributed by atoms with van der Waals surface area (Å²) in [5.41, 5.74) is 12.3. The molecule has 0 aromatic heterocycles. The minimum absolute atomic E-state index is 0.0721. The predicted molar refractivity (Wildman–Crippen MR) is 193 cm³/mol. The number of fused-ring (bicyclic) bond motifs is 7. The van der Waals surface area contributed by atoms with Gasteiger partial charge in [0.15, 0.2) is 0 Å². The molecule has 0 nitrogen and oxygen atoms in total. The summed E-state index contributed by atoms with van der Waals surface area (Å²) in [5.74, 6) is 0.318. The molecule has 0 heteroatoms. The molecule has 0 bridgehead atoms. The summed E-state index contributed by atoms with van der Waals surface area (Å²) < 4.78 is 0. The zero-order valence-corrected chi connectivity index (χ0v) is 25.7. The van der Waals surface area contributed by atoms with Crippen molar-refractivity contribution < 1.29 is 0 Å². The second-order valence-electron chi connectivity index (χ2n) is 13.3. The molecule has 45 heavy (non-hydrogen) atoms. The van der Waals surface area contributed by atoms with Gasteiger partial charge in [-0.2, -0.15) is 0 Å². The molecule has 2 aliphatic rings. The number of rotatable bonds is 3.